The number of nitrogens with zero attached hydrogens (tertiary/aromatic N) is 1. The molecule has 1 N–H and O–H groups in total. The normalized spacial score (nSPS) is 17.8. The van der Waals surface area contributed by atoms with Crippen LogP contribution in [0.5, 0.6) is 0 Å². The van der Waals surface area contributed by atoms with Crippen LogP contribution < -0.4 is 5.32 Å². The average Bonchev–Trinajstić information content (AvgIpc) is 2.99. The molecule has 6 heteroatoms. The van der Waals surface area contributed by atoms with Gasteiger partial charge in [-0.3, -0.25) is 0 Å². The summed E-state index contributed by atoms with van der Waals surface area (Å²) in [5.41, 5.74) is 2.95. The largest absolute Gasteiger partial charge is 0.445 e. The van der Waals surface area contributed by atoms with Crippen molar-refractivity contribution in [3.8, 4) is 0 Å². The molecule has 30 heavy (non-hydrogen) atoms. The van der Waals surface area contributed by atoms with Crippen molar-refractivity contribution in [2.24, 2.45) is 0 Å². The van der Waals surface area contributed by atoms with Gasteiger partial charge in [0.2, 0.25) is 0 Å². The summed E-state index contributed by atoms with van der Waals surface area (Å²) >= 11 is 0. The maximum absolute atomic E-state index is 12.6. The van der Waals surface area contributed by atoms with E-state index in [0.29, 0.717) is 13.1 Å². The van der Waals surface area contributed by atoms with Crippen LogP contribution in [0.4, 0.5) is 9.59 Å². The molecule has 0 aromatic heterocycles. The Morgan fingerprint density at radius 3 is 2.20 bits per heavy atom. The first-order chi connectivity index (χ1) is 14.7. The van der Waals surface area contributed by atoms with E-state index >= 15 is 0 Å². The number of amides is 2. The second-order valence-electron chi connectivity index (χ2n) is 7.21. The molecule has 1 saturated heterocycles. The fourth-order valence-corrected chi connectivity index (χ4v) is 3.44. The fraction of sp³-hybridized carbons (Fsp3) is 0.333. The van der Waals surface area contributed by atoms with E-state index in [0.717, 1.165) is 29.5 Å². The second-order valence-corrected chi connectivity index (χ2v) is 7.21. The zero-order valence-electron chi connectivity index (χ0n) is 17.3. The molecule has 1 aliphatic heterocycles. The van der Waals surface area contributed by atoms with Gasteiger partial charge in [0, 0.05) is 13.1 Å². The number of likely N-dealkylation sites (tertiary alicyclic amines) is 1. The zero-order valence-corrected chi connectivity index (χ0v) is 17.3. The molecular formula is C24H28N2O4. The minimum Gasteiger partial charge on any atom is -0.445 e. The van der Waals surface area contributed by atoms with Crippen LogP contribution in [-0.2, 0) is 22.7 Å². The summed E-state index contributed by atoms with van der Waals surface area (Å²) in [5.74, 6) is 0. The number of ether oxygens (including phenoxy) is 2. The van der Waals surface area contributed by atoms with E-state index in [1.54, 1.807) is 4.90 Å². The van der Waals surface area contributed by atoms with Crippen LogP contribution in [0.3, 0.4) is 0 Å². The predicted octanol–water partition coefficient (Wildman–Crippen LogP) is 4.66. The van der Waals surface area contributed by atoms with E-state index in [4.69, 9.17) is 9.47 Å². The second kappa shape index (κ2) is 11.0. The highest BCUT2D eigenvalue weighted by Crippen LogP contribution is 2.19. The summed E-state index contributed by atoms with van der Waals surface area (Å²) in [4.78, 5) is 26.6. The molecule has 0 saturated carbocycles. The maximum atomic E-state index is 12.6. The van der Waals surface area contributed by atoms with Crippen LogP contribution in [0.15, 0.2) is 72.3 Å². The van der Waals surface area contributed by atoms with E-state index in [-0.39, 0.29) is 25.3 Å². The van der Waals surface area contributed by atoms with E-state index in [1.807, 2.05) is 73.7 Å². The molecule has 2 aromatic carbocycles. The lowest BCUT2D eigenvalue weighted by Gasteiger charge is -2.25. The minimum atomic E-state index is -0.497. The molecule has 6 nitrogen and oxygen atoms in total. The maximum Gasteiger partial charge on any atom is 0.410 e. The van der Waals surface area contributed by atoms with Crippen molar-refractivity contribution in [1.82, 2.24) is 10.2 Å². The Balaban J connectivity index is 1.56. The highest BCUT2D eigenvalue weighted by Gasteiger charge is 2.27. The van der Waals surface area contributed by atoms with Crippen molar-refractivity contribution < 1.29 is 19.1 Å². The van der Waals surface area contributed by atoms with Crippen LogP contribution in [-0.4, -0.2) is 36.2 Å². The molecule has 1 heterocycles. The van der Waals surface area contributed by atoms with Gasteiger partial charge in [0.15, 0.2) is 0 Å². The summed E-state index contributed by atoms with van der Waals surface area (Å²) in [7, 11) is 0. The number of alkyl carbamates (subject to hydrolysis) is 1. The molecule has 2 amide bonds. The van der Waals surface area contributed by atoms with Gasteiger partial charge in [-0.05, 0) is 30.9 Å². The third-order valence-corrected chi connectivity index (χ3v) is 5.08. The number of nitrogens with one attached hydrogen (secondary N) is 1. The zero-order chi connectivity index (χ0) is 21.2. The predicted molar refractivity (Wildman–Crippen MR) is 115 cm³/mol. The Kier molecular flexibility index (Phi) is 7.89. The van der Waals surface area contributed by atoms with E-state index in [2.05, 4.69) is 5.32 Å². The van der Waals surface area contributed by atoms with Gasteiger partial charge in [-0.1, -0.05) is 72.3 Å². The van der Waals surface area contributed by atoms with Gasteiger partial charge in [0.05, 0.1) is 6.04 Å². The van der Waals surface area contributed by atoms with Gasteiger partial charge in [0.1, 0.15) is 13.2 Å². The lowest BCUT2D eigenvalue weighted by molar-refractivity contribution is 0.0936. The number of carbonyl (C=O) groups excluding carboxylic acids is 2. The Hall–Kier alpha value is -3.28. The molecule has 1 unspecified atom stereocenters. The van der Waals surface area contributed by atoms with E-state index in [9.17, 15) is 9.59 Å². The number of hydrogen-bond acceptors (Lipinski definition) is 4. The molecule has 0 bridgehead atoms. The molecule has 0 radical (unpaired) electrons. The van der Waals surface area contributed by atoms with Gasteiger partial charge in [-0.15, -0.1) is 0 Å². The number of allylic oxidation sites excluding steroid dienone is 1. The summed E-state index contributed by atoms with van der Waals surface area (Å²) in [6, 6.07) is 18.8. The van der Waals surface area contributed by atoms with E-state index < -0.39 is 6.09 Å². The Labute approximate surface area is 177 Å². The molecule has 0 spiro atoms. The number of rotatable bonds is 5. The third kappa shape index (κ3) is 6.37. The first-order valence-corrected chi connectivity index (χ1v) is 10.2. The standard InChI is InChI=1S/C24H28N2O4/c1-2-21-14-9-15-26(24(28)30-18-20-12-7-4-8-13-20)16-22(21)25-23(27)29-17-19-10-5-3-6-11-19/h2-8,10-13,22H,9,14-18H2,1H3,(H,25,27)/b21-2-. The van der Waals surface area contributed by atoms with Crippen molar-refractivity contribution >= 4 is 12.2 Å². The smallest absolute Gasteiger partial charge is 0.410 e. The molecule has 2 aromatic rings. The van der Waals surface area contributed by atoms with Crippen LogP contribution in [0.2, 0.25) is 0 Å². The fourth-order valence-electron chi connectivity index (χ4n) is 3.44. The number of hydrogen-bond donors (Lipinski definition) is 1. The van der Waals surface area contributed by atoms with Gasteiger partial charge >= 0.3 is 12.2 Å². The van der Waals surface area contributed by atoms with Gasteiger partial charge in [0.25, 0.3) is 0 Å². The average molecular weight is 408 g/mol. The third-order valence-electron chi connectivity index (χ3n) is 5.08. The molecule has 0 aliphatic carbocycles. The van der Waals surface area contributed by atoms with Crippen LogP contribution in [0.25, 0.3) is 0 Å². The molecule has 158 valence electrons. The Bertz CT molecular complexity index is 852. The monoisotopic (exact) mass is 408 g/mol. The van der Waals surface area contributed by atoms with Crippen LogP contribution in [0, 0.1) is 0 Å². The van der Waals surface area contributed by atoms with Crippen molar-refractivity contribution in [2.45, 2.75) is 39.0 Å². The van der Waals surface area contributed by atoms with Gasteiger partial charge in [-0.2, -0.15) is 0 Å². The summed E-state index contributed by atoms with van der Waals surface area (Å²) in [5, 5.41) is 2.91. The Morgan fingerprint density at radius 1 is 1.00 bits per heavy atom. The number of carbonyl (C=O) groups is 2. The molecular weight excluding hydrogens is 380 g/mol. The molecule has 1 fully saturated rings. The topological polar surface area (TPSA) is 67.9 Å². The lowest BCUT2D eigenvalue weighted by Crippen LogP contribution is -2.45. The Morgan fingerprint density at radius 2 is 1.60 bits per heavy atom. The molecule has 1 atom stereocenters. The van der Waals surface area contributed by atoms with Crippen LogP contribution >= 0.6 is 0 Å². The number of benzene rings is 2. The molecule has 3 rings (SSSR count). The summed E-state index contributed by atoms with van der Waals surface area (Å²) in [6.45, 7) is 3.32. The van der Waals surface area contributed by atoms with Gasteiger partial charge < -0.3 is 19.7 Å². The highest BCUT2D eigenvalue weighted by molar-refractivity contribution is 5.70. The molecule has 1 aliphatic rings. The van der Waals surface area contributed by atoms with Crippen LogP contribution in [0.1, 0.15) is 30.9 Å². The van der Waals surface area contributed by atoms with Crippen molar-refractivity contribution in [3.63, 3.8) is 0 Å². The summed E-state index contributed by atoms with van der Waals surface area (Å²) in [6.07, 6.45) is 2.75. The lowest BCUT2D eigenvalue weighted by atomic mass is 10.0. The quantitative estimate of drug-likeness (QED) is 0.731. The highest BCUT2D eigenvalue weighted by atomic mass is 16.6. The van der Waals surface area contributed by atoms with Crippen molar-refractivity contribution in [2.75, 3.05) is 13.1 Å². The van der Waals surface area contributed by atoms with E-state index in [1.165, 1.54) is 0 Å². The van der Waals surface area contributed by atoms with Crippen molar-refractivity contribution in [1.29, 1.82) is 0 Å². The SMILES string of the molecule is C/C=C1/CCCN(C(=O)OCc2ccccc2)CC1NC(=O)OCc1ccccc1. The first-order valence-electron chi connectivity index (χ1n) is 10.2. The first kappa shape index (κ1) is 21.4. The summed E-state index contributed by atoms with van der Waals surface area (Å²) < 4.78 is 10.8. The van der Waals surface area contributed by atoms with Crippen molar-refractivity contribution in [3.05, 3.63) is 83.4 Å². The van der Waals surface area contributed by atoms with Gasteiger partial charge in [-0.25, -0.2) is 9.59 Å². The minimum absolute atomic E-state index is 0.202.